The van der Waals surface area contributed by atoms with Gasteiger partial charge in [0, 0.05) is 5.56 Å². The zero-order valence-electron chi connectivity index (χ0n) is 12.8. The molecule has 8 heteroatoms. The Kier molecular flexibility index (Phi) is 4.35. The maximum absolute atomic E-state index is 13.5. The number of carbonyl (C=O) groups excluding carboxylic acids is 1. The average Bonchev–Trinajstić information content (AvgIpc) is 2.88. The van der Waals surface area contributed by atoms with Crippen LogP contribution in [0.5, 0.6) is 0 Å². The van der Waals surface area contributed by atoms with Crippen LogP contribution in [-0.2, 0) is 4.74 Å². The van der Waals surface area contributed by atoms with Gasteiger partial charge in [0.1, 0.15) is 17.1 Å². The van der Waals surface area contributed by atoms with Crippen molar-refractivity contribution in [2.24, 2.45) is 0 Å². The Hall–Kier alpha value is -2.90. The van der Waals surface area contributed by atoms with E-state index < -0.39 is 23.5 Å². The van der Waals surface area contributed by atoms with E-state index in [9.17, 15) is 14.0 Å². The number of aromatic carboxylic acids is 1. The largest absolute Gasteiger partial charge is 0.477 e. The SMILES string of the molecule is CC(C)(C)OC(=O)Nc1ccc(F)cc1-c1cc(C(=O)O)[nH]n1. The van der Waals surface area contributed by atoms with Crippen LogP contribution >= 0.6 is 0 Å². The predicted molar refractivity (Wildman–Crippen MR) is 80.8 cm³/mol. The van der Waals surface area contributed by atoms with Crippen LogP contribution in [0.4, 0.5) is 14.9 Å². The molecule has 2 aromatic rings. The molecule has 2 rings (SSSR count). The Bertz CT molecular complexity index is 749. The molecule has 3 N–H and O–H groups in total. The Morgan fingerprint density at radius 3 is 2.57 bits per heavy atom. The first-order chi connectivity index (χ1) is 10.7. The van der Waals surface area contributed by atoms with Crippen molar-refractivity contribution in [1.29, 1.82) is 0 Å². The summed E-state index contributed by atoms with van der Waals surface area (Å²) < 4.78 is 18.6. The lowest BCUT2D eigenvalue weighted by Gasteiger charge is -2.20. The number of carboxylic acids is 1. The molecular weight excluding hydrogens is 305 g/mol. The van der Waals surface area contributed by atoms with Gasteiger partial charge in [-0.2, -0.15) is 5.10 Å². The van der Waals surface area contributed by atoms with Crippen LogP contribution in [0, 0.1) is 5.82 Å². The number of ether oxygens (including phenoxy) is 1. The molecular formula is C15H16FN3O4. The highest BCUT2D eigenvalue weighted by Crippen LogP contribution is 2.28. The minimum atomic E-state index is -1.19. The average molecular weight is 321 g/mol. The van der Waals surface area contributed by atoms with Crippen molar-refractivity contribution in [3.63, 3.8) is 0 Å². The van der Waals surface area contributed by atoms with Gasteiger partial charge in [-0.25, -0.2) is 14.0 Å². The fourth-order valence-corrected chi connectivity index (χ4v) is 1.82. The van der Waals surface area contributed by atoms with E-state index in [2.05, 4.69) is 15.5 Å². The second-order valence-electron chi connectivity index (χ2n) is 5.79. The number of amides is 1. The van der Waals surface area contributed by atoms with Crippen LogP contribution in [0.25, 0.3) is 11.3 Å². The van der Waals surface area contributed by atoms with E-state index in [-0.39, 0.29) is 22.6 Å². The van der Waals surface area contributed by atoms with E-state index in [0.717, 1.165) is 6.07 Å². The van der Waals surface area contributed by atoms with Crippen molar-refractivity contribution in [3.8, 4) is 11.3 Å². The molecule has 1 heterocycles. The number of nitrogens with one attached hydrogen (secondary N) is 2. The monoisotopic (exact) mass is 321 g/mol. The Morgan fingerprint density at radius 2 is 2.00 bits per heavy atom. The minimum Gasteiger partial charge on any atom is -0.477 e. The first-order valence-corrected chi connectivity index (χ1v) is 6.74. The molecule has 1 aromatic carbocycles. The highest BCUT2D eigenvalue weighted by Gasteiger charge is 2.19. The van der Waals surface area contributed by atoms with Gasteiger partial charge in [-0.05, 0) is 45.0 Å². The Labute approximate surface area is 131 Å². The van der Waals surface area contributed by atoms with E-state index in [1.165, 1.54) is 18.2 Å². The van der Waals surface area contributed by atoms with Crippen molar-refractivity contribution < 1.29 is 23.8 Å². The summed E-state index contributed by atoms with van der Waals surface area (Å²) >= 11 is 0. The molecule has 0 atom stereocenters. The number of H-pyrrole nitrogens is 1. The number of nitrogens with zero attached hydrogens (tertiary/aromatic N) is 1. The molecule has 0 bridgehead atoms. The number of rotatable bonds is 3. The molecule has 0 aliphatic carbocycles. The number of benzene rings is 1. The Morgan fingerprint density at radius 1 is 1.30 bits per heavy atom. The third-order valence-corrected chi connectivity index (χ3v) is 2.70. The van der Waals surface area contributed by atoms with Crippen LogP contribution in [0.3, 0.4) is 0 Å². The molecule has 0 unspecified atom stereocenters. The molecule has 1 aromatic heterocycles. The highest BCUT2D eigenvalue weighted by atomic mass is 19.1. The van der Waals surface area contributed by atoms with E-state index in [0.29, 0.717) is 0 Å². The number of hydrogen-bond donors (Lipinski definition) is 3. The van der Waals surface area contributed by atoms with Gasteiger partial charge in [0.25, 0.3) is 0 Å². The third kappa shape index (κ3) is 4.29. The molecule has 122 valence electrons. The number of aromatic amines is 1. The number of carbonyl (C=O) groups is 2. The summed E-state index contributed by atoms with van der Waals surface area (Å²) in [5.74, 6) is -1.74. The summed E-state index contributed by atoms with van der Waals surface area (Å²) in [5.41, 5.74) is -0.156. The zero-order valence-corrected chi connectivity index (χ0v) is 12.8. The van der Waals surface area contributed by atoms with Crippen LogP contribution in [-0.4, -0.2) is 33.0 Å². The maximum atomic E-state index is 13.5. The maximum Gasteiger partial charge on any atom is 0.412 e. The molecule has 0 saturated heterocycles. The number of carboxylic acid groups (broad SMARTS) is 1. The molecule has 0 fully saturated rings. The van der Waals surface area contributed by atoms with Gasteiger partial charge in [-0.15, -0.1) is 0 Å². The van der Waals surface area contributed by atoms with Gasteiger partial charge in [0.05, 0.1) is 11.4 Å². The standard InChI is InChI=1S/C15H16FN3O4/c1-15(2,3)23-14(22)17-10-5-4-8(16)6-9(10)11-7-12(13(20)21)19-18-11/h4-7H,1-3H3,(H,17,22)(H,18,19)(H,20,21). The molecule has 0 aliphatic rings. The molecule has 0 aliphatic heterocycles. The fraction of sp³-hybridized carbons (Fsp3) is 0.267. The first kappa shape index (κ1) is 16.5. The topological polar surface area (TPSA) is 104 Å². The lowest BCUT2D eigenvalue weighted by molar-refractivity contribution is 0.0634. The molecule has 1 amide bonds. The molecule has 0 saturated carbocycles. The fourth-order valence-electron chi connectivity index (χ4n) is 1.82. The van der Waals surface area contributed by atoms with Crippen molar-refractivity contribution in [2.75, 3.05) is 5.32 Å². The highest BCUT2D eigenvalue weighted by molar-refractivity contribution is 5.92. The molecule has 0 spiro atoms. The lowest BCUT2D eigenvalue weighted by atomic mass is 10.1. The third-order valence-electron chi connectivity index (χ3n) is 2.70. The van der Waals surface area contributed by atoms with Gasteiger partial charge in [0.15, 0.2) is 0 Å². The molecule has 7 nitrogen and oxygen atoms in total. The van der Waals surface area contributed by atoms with E-state index >= 15 is 0 Å². The quantitative estimate of drug-likeness (QED) is 0.805. The normalized spacial score (nSPS) is 11.1. The first-order valence-electron chi connectivity index (χ1n) is 6.74. The lowest BCUT2D eigenvalue weighted by Crippen LogP contribution is -2.27. The predicted octanol–water partition coefficient (Wildman–Crippen LogP) is 3.26. The van der Waals surface area contributed by atoms with E-state index in [1.54, 1.807) is 20.8 Å². The van der Waals surface area contributed by atoms with Gasteiger partial charge < -0.3 is 9.84 Å². The second kappa shape index (κ2) is 6.07. The summed E-state index contributed by atoms with van der Waals surface area (Å²) in [6, 6.07) is 4.91. The summed E-state index contributed by atoms with van der Waals surface area (Å²) in [6.45, 7) is 5.14. The van der Waals surface area contributed by atoms with Crippen molar-refractivity contribution in [1.82, 2.24) is 10.2 Å². The second-order valence-corrected chi connectivity index (χ2v) is 5.79. The van der Waals surface area contributed by atoms with E-state index in [1.807, 2.05) is 0 Å². The van der Waals surface area contributed by atoms with Gasteiger partial charge in [0.2, 0.25) is 0 Å². The molecule has 0 radical (unpaired) electrons. The summed E-state index contributed by atoms with van der Waals surface area (Å²) in [4.78, 5) is 22.8. The van der Waals surface area contributed by atoms with Crippen LogP contribution in [0.15, 0.2) is 24.3 Å². The number of halogens is 1. The molecule has 23 heavy (non-hydrogen) atoms. The smallest absolute Gasteiger partial charge is 0.412 e. The van der Waals surface area contributed by atoms with Crippen LogP contribution in [0.1, 0.15) is 31.3 Å². The van der Waals surface area contributed by atoms with Gasteiger partial charge >= 0.3 is 12.1 Å². The van der Waals surface area contributed by atoms with Crippen LogP contribution in [0.2, 0.25) is 0 Å². The number of hydrogen-bond acceptors (Lipinski definition) is 4. The number of anilines is 1. The number of aromatic nitrogens is 2. The van der Waals surface area contributed by atoms with Crippen molar-refractivity contribution in [3.05, 3.63) is 35.8 Å². The van der Waals surface area contributed by atoms with Gasteiger partial charge in [-0.3, -0.25) is 10.4 Å². The van der Waals surface area contributed by atoms with E-state index in [4.69, 9.17) is 9.84 Å². The summed E-state index contributed by atoms with van der Waals surface area (Å²) in [7, 11) is 0. The van der Waals surface area contributed by atoms with Crippen LogP contribution < -0.4 is 5.32 Å². The zero-order chi connectivity index (χ0) is 17.2. The van der Waals surface area contributed by atoms with Crippen molar-refractivity contribution >= 4 is 17.7 Å². The Balaban J connectivity index is 2.33. The minimum absolute atomic E-state index is 0.146. The van der Waals surface area contributed by atoms with Crippen molar-refractivity contribution in [2.45, 2.75) is 26.4 Å². The van der Waals surface area contributed by atoms with Gasteiger partial charge in [-0.1, -0.05) is 0 Å². The summed E-state index contributed by atoms with van der Waals surface area (Å²) in [5, 5.41) is 17.6. The summed E-state index contributed by atoms with van der Waals surface area (Å²) in [6.07, 6.45) is -0.709.